The average molecular weight is 292 g/mol. The molecule has 0 saturated carbocycles. The molecule has 0 aromatic carbocycles. The van der Waals surface area contributed by atoms with E-state index in [0.717, 1.165) is 0 Å². The largest absolute Gasteiger partial charge is 0.545 e. The monoisotopic (exact) mass is 293 g/mol. The minimum absolute atomic E-state index is 0. The van der Waals surface area contributed by atoms with Crippen LogP contribution in [-0.2, 0) is 4.79 Å². The fourth-order valence-corrected chi connectivity index (χ4v) is 0. The smallest absolute Gasteiger partial charge is 0.0666 e. The summed E-state index contributed by atoms with van der Waals surface area (Å²) in [5, 5.41) is 9.49. The topological polar surface area (TPSA) is 40.1 Å². The molecule has 0 aliphatic rings. The number of carboxylic acids is 1. The summed E-state index contributed by atoms with van der Waals surface area (Å²) < 4.78 is 0. The molecule has 0 fully saturated rings. The van der Waals surface area contributed by atoms with Crippen molar-refractivity contribution in [2.75, 3.05) is 0 Å². The Kier molecular flexibility index (Phi) is 6.25. The minimum Gasteiger partial charge on any atom is -0.545 e. The van der Waals surface area contributed by atoms with Gasteiger partial charge in [-0.15, -0.1) is 0 Å². The third kappa shape index (κ3) is 6.13. The zero-order chi connectivity index (χ0) is 5.15. The van der Waals surface area contributed by atoms with Crippen LogP contribution in [-0.4, -0.2) is 33.3 Å². The van der Waals surface area contributed by atoms with Crippen molar-refractivity contribution < 1.29 is 9.90 Å². The van der Waals surface area contributed by atoms with E-state index in [0.29, 0.717) is 0 Å². The van der Waals surface area contributed by atoms with Crippen LogP contribution in [0.5, 0.6) is 0 Å². The van der Waals surface area contributed by atoms with Crippen LogP contribution in [0.25, 0.3) is 0 Å². The molecule has 0 unspecified atom stereocenters. The van der Waals surface area contributed by atoms with Gasteiger partial charge in [-0.3, -0.25) is 0 Å². The summed E-state index contributed by atoms with van der Waals surface area (Å²) >= 11 is 0. The second-order valence-corrected chi connectivity index (χ2v) is 1.07. The van der Waals surface area contributed by atoms with Gasteiger partial charge in [0.1, 0.15) is 0 Å². The van der Waals surface area contributed by atoms with Crippen molar-refractivity contribution in [3.05, 3.63) is 12.2 Å². The Bertz CT molecular complexity index is 75.7. The van der Waals surface area contributed by atoms with E-state index in [1.165, 1.54) is 6.92 Å². The first-order chi connectivity index (χ1) is 2.64. The number of aliphatic carboxylic acids is 1. The zero-order valence-corrected chi connectivity index (χ0v) is 7.91. The van der Waals surface area contributed by atoms with Crippen LogP contribution in [0.1, 0.15) is 6.92 Å². The molecule has 0 spiro atoms. The van der Waals surface area contributed by atoms with Gasteiger partial charge in [-0.1, -0.05) is 6.58 Å². The molecule has 38 valence electrons. The summed E-state index contributed by atoms with van der Waals surface area (Å²) in [6.07, 6.45) is 0. The predicted molar refractivity (Wildman–Crippen MR) is 25.6 cm³/mol. The van der Waals surface area contributed by atoms with E-state index in [1.807, 2.05) is 0 Å². The first kappa shape index (κ1) is 10.2. The molecule has 0 aromatic rings. The van der Waals surface area contributed by atoms with Gasteiger partial charge in [0.15, 0.2) is 0 Å². The fraction of sp³-hybridized carbons (Fsp3) is 0.250. The van der Waals surface area contributed by atoms with Crippen LogP contribution in [0, 0.1) is 0 Å². The molecular weight excluding hydrogens is 287 g/mol. The van der Waals surface area contributed by atoms with Gasteiger partial charge >= 0.3 is 0 Å². The quantitative estimate of drug-likeness (QED) is 0.456. The van der Waals surface area contributed by atoms with Crippen LogP contribution in [0.4, 0.5) is 0 Å². The predicted octanol–water partition coefficient (Wildman–Crippen LogP) is -1.07. The second kappa shape index (κ2) is 4.30. The van der Waals surface area contributed by atoms with Gasteiger partial charge < -0.3 is 9.90 Å². The van der Waals surface area contributed by atoms with E-state index in [1.54, 1.807) is 0 Å². The van der Waals surface area contributed by atoms with Crippen LogP contribution < -0.4 is 5.11 Å². The molecule has 2 nitrogen and oxygen atoms in total. The molecule has 4 radical (unpaired) electrons. The Labute approximate surface area is 62.4 Å². The number of carbonyl (C=O) groups excluding carboxylic acids is 1. The van der Waals surface area contributed by atoms with Crippen molar-refractivity contribution >= 4 is 33.3 Å². The van der Waals surface area contributed by atoms with E-state index in [4.69, 9.17) is 0 Å². The van der Waals surface area contributed by atoms with Gasteiger partial charge in [0.2, 0.25) is 0 Å². The van der Waals surface area contributed by atoms with Crippen LogP contribution >= 0.6 is 0 Å². The summed E-state index contributed by atoms with van der Waals surface area (Å²) in [4.78, 5) is 9.49. The molecule has 7 heavy (non-hydrogen) atoms. The van der Waals surface area contributed by atoms with Crippen molar-refractivity contribution in [3.8, 4) is 0 Å². The summed E-state index contributed by atoms with van der Waals surface area (Å²) in [6, 6.07) is 0. The summed E-state index contributed by atoms with van der Waals surface area (Å²) in [7, 11) is 0. The van der Waals surface area contributed by atoms with E-state index < -0.39 is 5.97 Å². The number of rotatable bonds is 1. The normalized spacial score (nSPS) is 6.43. The van der Waals surface area contributed by atoms with Crippen molar-refractivity contribution in [1.82, 2.24) is 0 Å². The number of carboxylic acid groups (broad SMARTS) is 1. The third-order valence-corrected chi connectivity index (χ3v) is 0.348. The number of hydrogen-bond acceptors (Lipinski definition) is 2. The van der Waals surface area contributed by atoms with Crippen molar-refractivity contribution in [2.24, 2.45) is 0 Å². The van der Waals surface area contributed by atoms with Gasteiger partial charge in [0.05, 0.1) is 5.97 Å². The Hall–Kier alpha value is 0.132. The summed E-state index contributed by atoms with van der Waals surface area (Å²) in [5.74, 6) is -1.19. The standard InChI is InChI=1S/C4H6O2.Pb/c1-3(2)4(5)6;/h1H2,2H3,(H,5,6);/p-1. The Morgan fingerprint density at radius 3 is 1.86 bits per heavy atom. The van der Waals surface area contributed by atoms with E-state index in [9.17, 15) is 9.90 Å². The molecule has 0 amide bonds. The molecule has 0 bridgehead atoms. The molecular formula is C4H5O2Pb-. The first-order valence-electron chi connectivity index (χ1n) is 1.51. The maximum absolute atomic E-state index is 9.49. The maximum Gasteiger partial charge on any atom is 0.0666 e. The first-order valence-corrected chi connectivity index (χ1v) is 1.51. The maximum atomic E-state index is 9.49. The molecule has 0 N–H and O–H groups in total. The minimum atomic E-state index is -1.19. The molecule has 0 rings (SSSR count). The third-order valence-electron chi connectivity index (χ3n) is 0.348. The van der Waals surface area contributed by atoms with E-state index in [-0.39, 0.29) is 32.9 Å². The van der Waals surface area contributed by atoms with Gasteiger partial charge in [0.25, 0.3) is 0 Å². The fourth-order valence-electron chi connectivity index (χ4n) is 0. The van der Waals surface area contributed by atoms with Gasteiger partial charge in [-0.25, -0.2) is 0 Å². The second-order valence-electron chi connectivity index (χ2n) is 1.07. The molecule has 0 atom stereocenters. The van der Waals surface area contributed by atoms with Crippen molar-refractivity contribution in [1.29, 1.82) is 0 Å². The van der Waals surface area contributed by atoms with Crippen LogP contribution in [0.3, 0.4) is 0 Å². The van der Waals surface area contributed by atoms with Crippen molar-refractivity contribution in [3.63, 3.8) is 0 Å². The molecule has 0 saturated heterocycles. The average Bonchev–Trinajstić information content (AvgIpc) is 1.36. The molecule has 0 heterocycles. The van der Waals surface area contributed by atoms with Gasteiger partial charge in [-0.2, -0.15) is 0 Å². The molecule has 0 aliphatic carbocycles. The number of carbonyl (C=O) groups is 1. The molecule has 0 aromatic heterocycles. The van der Waals surface area contributed by atoms with Crippen molar-refractivity contribution in [2.45, 2.75) is 6.92 Å². The van der Waals surface area contributed by atoms with Crippen LogP contribution in [0.2, 0.25) is 0 Å². The van der Waals surface area contributed by atoms with E-state index in [2.05, 4.69) is 6.58 Å². The summed E-state index contributed by atoms with van der Waals surface area (Å²) in [5.41, 5.74) is 0.0648. The molecule has 0 aliphatic heterocycles. The Balaban J connectivity index is 0. The van der Waals surface area contributed by atoms with E-state index >= 15 is 0 Å². The van der Waals surface area contributed by atoms with Gasteiger partial charge in [-0.05, 0) is 12.5 Å². The van der Waals surface area contributed by atoms with Crippen LogP contribution in [0.15, 0.2) is 12.2 Å². The number of hydrogen-bond donors (Lipinski definition) is 0. The summed E-state index contributed by atoms with van der Waals surface area (Å²) in [6.45, 7) is 4.48. The van der Waals surface area contributed by atoms with Gasteiger partial charge in [0, 0.05) is 27.3 Å². The Morgan fingerprint density at radius 2 is 1.86 bits per heavy atom. The zero-order valence-electron chi connectivity index (χ0n) is 4.02. The Morgan fingerprint density at radius 1 is 1.71 bits per heavy atom. The SMILES string of the molecule is C=C(C)C(=O)[O-].[Pb]. The molecule has 3 heteroatoms.